The second-order valence-electron chi connectivity index (χ2n) is 16.1. The van der Waals surface area contributed by atoms with Gasteiger partial charge in [-0.2, -0.15) is 0 Å². The lowest BCUT2D eigenvalue weighted by atomic mass is 9.58. The average molecular weight is 738 g/mol. The molecule has 5 atom stereocenters. The maximum atomic E-state index is 6.70. The van der Waals surface area contributed by atoms with Crippen molar-refractivity contribution in [3.8, 4) is 11.5 Å². The third-order valence-electron chi connectivity index (χ3n) is 12.9. The molecule has 2 nitrogen and oxygen atoms in total. The lowest BCUT2D eigenvalue weighted by Gasteiger charge is -2.46. The molecular weight excluding hydrogens is 691 g/mol. The van der Waals surface area contributed by atoms with Crippen molar-refractivity contribution in [3.05, 3.63) is 250 Å². The summed E-state index contributed by atoms with van der Waals surface area (Å²) in [5.41, 5.74) is 12.5. The molecule has 0 radical (unpaired) electrons. The molecule has 0 aromatic heterocycles. The smallest absolute Gasteiger partial charge is 0.132 e. The normalized spacial score (nSPS) is 23.2. The van der Waals surface area contributed by atoms with E-state index in [-0.39, 0.29) is 12.0 Å². The standard InChI is InChI=1S/C55H47NO/c1-38-35-41(33-34-44(38)39-19-5-2-6-20-39)52-37-42(36-51(56-52)40-21-7-3-8-22-40)45-25-11-12-26-46(45)47-27-13-14-28-48(47)55(43-23-9-4-10-24-43)49-29-15-17-31-53(49)57-54-32-18-16-30-50(54)55/h2-26,28-35,38,42,44,47,51H,27,36-37H2,1H3. The van der Waals surface area contributed by atoms with Crippen LogP contribution in [0.5, 0.6) is 11.5 Å². The van der Waals surface area contributed by atoms with E-state index in [9.17, 15) is 0 Å². The second kappa shape index (κ2) is 15.0. The number of para-hydroxylation sites is 2. The van der Waals surface area contributed by atoms with Crippen LogP contribution in [0.1, 0.15) is 88.9 Å². The van der Waals surface area contributed by atoms with Gasteiger partial charge in [0.15, 0.2) is 0 Å². The Kier molecular flexibility index (Phi) is 9.27. The molecule has 6 aromatic rings. The summed E-state index contributed by atoms with van der Waals surface area (Å²) in [7, 11) is 0. The molecule has 0 saturated heterocycles. The van der Waals surface area contributed by atoms with Crippen molar-refractivity contribution < 1.29 is 4.74 Å². The summed E-state index contributed by atoms with van der Waals surface area (Å²) >= 11 is 0. The van der Waals surface area contributed by atoms with Gasteiger partial charge in [-0.25, -0.2) is 0 Å². The molecule has 2 heteroatoms. The van der Waals surface area contributed by atoms with Crippen molar-refractivity contribution in [2.45, 2.75) is 55.4 Å². The van der Waals surface area contributed by atoms with Crippen molar-refractivity contribution in [2.75, 3.05) is 0 Å². The number of hydrogen-bond donors (Lipinski definition) is 0. The van der Waals surface area contributed by atoms with Gasteiger partial charge in [0.2, 0.25) is 0 Å². The van der Waals surface area contributed by atoms with Crippen LogP contribution >= 0.6 is 0 Å². The molecule has 10 rings (SSSR count). The van der Waals surface area contributed by atoms with Crippen LogP contribution in [0, 0.1) is 5.92 Å². The summed E-state index contributed by atoms with van der Waals surface area (Å²) in [5.74, 6) is 3.01. The van der Waals surface area contributed by atoms with Crippen LogP contribution in [-0.4, -0.2) is 5.71 Å². The number of nitrogens with zero attached hydrogens (tertiary/aromatic N) is 1. The van der Waals surface area contributed by atoms with Gasteiger partial charge in [-0.15, -0.1) is 0 Å². The van der Waals surface area contributed by atoms with E-state index in [0.29, 0.717) is 17.8 Å². The lowest BCUT2D eigenvalue weighted by Crippen LogP contribution is -2.38. The van der Waals surface area contributed by atoms with Crippen LogP contribution in [0.15, 0.2) is 216 Å². The second-order valence-corrected chi connectivity index (χ2v) is 16.1. The topological polar surface area (TPSA) is 21.6 Å². The number of ether oxygens (including phenoxy) is 1. The summed E-state index contributed by atoms with van der Waals surface area (Å²) < 4.78 is 6.70. The Labute approximate surface area is 337 Å². The van der Waals surface area contributed by atoms with Gasteiger partial charge in [-0.05, 0) is 82.2 Å². The Morgan fingerprint density at radius 1 is 0.632 bits per heavy atom. The largest absolute Gasteiger partial charge is 0.457 e. The SMILES string of the molecule is CC1C=C(C2=NC(c3ccccc3)CC(c3ccccc3C3CC=CC=C3C3(c4ccccc4)c4ccccc4Oc4ccccc43)C2)C=CC1c1ccccc1. The molecule has 2 aliphatic heterocycles. The summed E-state index contributed by atoms with van der Waals surface area (Å²) in [6, 6.07) is 59.7. The molecule has 0 spiro atoms. The first-order chi connectivity index (χ1) is 28.2. The molecule has 4 aliphatic rings. The zero-order valence-electron chi connectivity index (χ0n) is 32.4. The molecular formula is C55H47NO. The molecule has 2 aliphatic carbocycles. The minimum absolute atomic E-state index is 0.0793. The zero-order valence-corrected chi connectivity index (χ0v) is 32.4. The van der Waals surface area contributed by atoms with Gasteiger partial charge in [0, 0.05) is 28.7 Å². The Morgan fingerprint density at radius 3 is 1.91 bits per heavy atom. The molecule has 5 unspecified atom stereocenters. The first-order valence-electron chi connectivity index (χ1n) is 20.6. The maximum absolute atomic E-state index is 6.70. The summed E-state index contributed by atoms with van der Waals surface area (Å²) in [6.45, 7) is 2.35. The quantitative estimate of drug-likeness (QED) is 0.160. The summed E-state index contributed by atoms with van der Waals surface area (Å²) in [5, 5.41) is 0. The highest BCUT2D eigenvalue weighted by Crippen LogP contribution is 2.59. The number of hydrogen-bond acceptors (Lipinski definition) is 2. The van der Waals surface area contributed by atoms with Crippen LogP contribution in [0.4, 0.5) is 0 Å². The third kappa shape index (κ3) is 6.25. The van der Waals surface area contributed by atoms with E-state index in [0.717, 1.165) is 30.8 Å². The number of benzene rings is 6. The Hall–Kier alpha value is -6.25. The fourth-order valence-corrected chi connectivity index (χ4v) is 10.3. The van der Waals surface area contributed by atoms with Gasteiger partial charge in [-0.3, -0.25) is 4.99 Å². The maximum Gasteiger partial charge on any atom is 0.132 e. The Morgan fingerprint density at radius 2 is 1.23 bits per heavy atom. The molecule has 2 heterocycles. The fourth-order valence-electron chi connectivity index (χ4n) is 10.3. The van der Waals surface area contributed by atoms with Gasteiger partial charge >= 0.3 is 0 Å². The fraction of sp³-hybridized carbons (Fsp3) is 0.182. The van der Waals surface area contributed by atoms with Crippen LogP contribution in [0.2, 0.25) is 0 Å². The lowest BCUT2D eigenvalue weighted by molar-refractivity contribution is 0.426. The van der Waals surface area contributed by atoms with Gasteiger partial charge < -0.3 is 4.74 Å². The van der Waals surface area contributed by atoms with Crippen LogP contribution in [0.25, 0.3) is 0 Å². The highest BCUT2D eigenvalue weighted by Gasteiger charge is 2.49. The van der Waals surface area contributed by atoms with E-state index in [1.54, 1.807) is 0 Å². The van der Waals surface area contributed by atoms with Crippen molar-refractivity contribution in [1.29, 1.82) is 0 Å². The number of allylic oxidation sites excluding steroid dienone is 8. The van der Waals surface area contributed by atoms with E-state index in [1.807, 2.05) is 0 Å². The van der Waals surface area contributed by atoms with Crippen molar-refractivity contribution >= 4 is 5.71 Å². The summed E-state index contributed by atoms with van der Waals surface area (Å²) in [6.07, 6.45) is 17.1. The van der Waals surface area contributed by atoms with E-state index < -0.39 is 5.41 Å². The van der Waals surface area contributed by atoms with Gasteiger partial charge in [0.1, 0.15) is 11.5 Å². The first kappa shape index (κ1) is 35.2. The zero-order chi connectivity index (χ0) is 38.2. The van der Waals surface area contributed by atoms with E-state index in [4.69, 9.17) is 9.73 Å². The van der Waals surface area contributed by atoms with Gasteiger partial charge in [0.05, 0.1) is 11.5 Å². The summed E-state index contributed by atoms with van der Waals surface area (Å²) in [4.78, 5) is 5.58. The molecule has 6 aromatic carbocycles. The minimum atomic E-state index is -0.551. The van der Waals surface area contributed by atoms with Crippen LogP contribution < -0.4 is 4.74 Å². The molecule has 278 valence electrons. The minimum Gasteiger partial charge on any atom is -0.457 e. The van der Waals surface area contributed by atoms with Crippen LogP contribution in [0.3, 0.4) is 0 Å². The first-order valence-corrected chi connectivity index (χ1v) is 20.6. The van der Waals surface area contributed by atoms with E-state index >= 15 is 0 Å². The molecule has 0 saturated carbocycles. The average Bonchev–Trinajstić information content (AvgIpc) is 3.29. The molecule has 0 amide bonds. The monoisotopic (exact) mass is 737 g/mol. The predicted molar refractivity (Wildman–Crippen MR) is 234 cm³/mol. The van der Waals surface area contributed by atoms with E-state index in [1.165, 1.54) is 55.8 Å². The van der Waals surface area contributed by atoms with Crippen molar-refractivity contribution in [1.82, 2.24) is 0 Å². The van der Waals surface area contributed by atoms with Crippen molar-refractivity contribution in [2.24, 2.45) is 10.9 Å². The highest BCUT2D eigenvalue weighted by molar-refractivity contribution is 6.04. The Bertz CT molecular complexity index is 2510. The number of fused-ring (bicyclic) bond motifs is 2. The molecule has 57 heavy (non-hydrogen) atoms. The van der Waals surface area contributed by atoms with Crippen molar-refractivity contribution in [3.63, 3.8) is 0 Å². The third-order valence-corrected chi connectivity index (χ3v) is 12.9. The predicted octanol–water partition coefficient (Wildman–Crippen LogP) is 13.8. The number of rotatable bonds is 7. The van der Waals surface area contributed by atoms with Gasteiger partial charge in [-0.1, -0.05) is 195 Å². The van der Waals surface area contributed by atoms with Crippen LogP contribution in [-0.2, 0) is 5.41 Å². The molecule has 0 bridgehead atoms. The molecule has 0 N–H and O–H groups in total. The van der Waals surface area contributed by atoms with Gasteiger partial charge in [0.25, 0.3) is 0 Å². The Balaban J connectivity index is 1.09. The number of aliphatic imine (C=N–C) groups is 1. The molecule has 0 fully saturated rings. The highest BCUT2D eigenvalue weighted by atomic mass is 16.5. The van der Waals surface area contributed by atoms with E-state index in [2.05, 4.69) is 207 Å².